The Labute approximate surface area is 154 Å². The van der Waals surface area contributed by atoms with Crippen LogP contribution in [0.4, 0.5) is 0 Å². The van der Waals surface area contributed by atoms with Crippen LogP contribution in [-0.4, -0.2) is 53.1 Å². The van der Waals surface area contributed by atoms with Crippen LogP contribution in [0.2, 0.25) is 0 Å². The third kappa shape index (κ3) is 3.62. The molecule has 0 unspecified atom stereocenters. The fourth-order valence-corrected chi connectivity index (χ4v) is 5.40. The van der Waals surface area contributed by atoms with Crippen LogP contribution < -0.4 is 5.32 Å². The molecule has 8 nitrogen and oxygen atoms in total. The molecule has 1 aliphatic rings. The van der Waals surface area contributed by atoms with Crippen LogP contribution in [0.5, 0.6) is 17.2 Å². The summed E-state index contributed by atoms with van der Waals surface area (Å²) in [6, 6.07) is 5.14. The van der Waals surface area contributed by atoms with Crippen LogP contribution in [0.3, 0.4) is 0 Å². The molecule has 0 bridgehead atoms. The quantitative estimate of drug-likeness (QED) is 0.577. The van der Waals surface area contributed by atoms with Gasteiger partial charge in [-0.2, -0.15) is 4.31 Å². The first-order valence-corrected chi connectivity index (χ1v) is 10.2. The lowest BCUT2D eigenvalue weighted by Gasteiger charge is -2.31. The summed E-state index contributed by atoms with van der Waals surface area (Å²) >= 11 is 1.17. The third-order valence-corrected chi connectivity index (χ3v) is 7.48. The maximum atomic E-state index is 12.5. The van der Waals surface area contributed by atoms with Crippen LogP contribution >= 0.6 is 11.3 Å². The van der Waals surface area contributed by atoms with E-state index in [1.807, 2.05) is 0 Å². The highest BCUT2D eigenvalue weighted by atomic mass is 32.2. The number of phenolic OH excluding ortho intramolecular Hbond substituents is 3. The van der Waals surface area contributed by atoms with Crippen LogP contribution in [-0.2, 0) is 10.0 Å². The molecule has 2 heterocycles. The third-order valence-electron chi connectivity index (χ3n) is 4.21. The van der Waals surface area contributed by atoms with Gasteiger partial charge in [-0.05, 0) is 36.4 Å². The van der Waals surface area contributed by atoms with Gasteiger partial charge in [0.1, 0.15) is 4.21 Å². The van der Waals surface area contributed by atoms with E-state index in [-0.39, 0.29) is 24.7 Å². The summed E-state index contributed by atoms with van der Waals surface area (Å²) < 4.78 is 26.7. The average Bonchev–Trinajstić information content (AvgIpc) is 3.15. The van der Waals surface area contributed by atoms with Gasteiger partial charge in [-0.3, -0.25) is 4.79 Å². The summed E-state index contributed by atoms with van der Waals surface area (Å²) in [5, 5.41) is 32.8. The second-order valence-electron chi connectivity index (χ2n) is 5.95. The van der Waals surface area contributed by atoms with Crippen molar-refractivity contribution in [3.8, 4) is 17.2 Å². The van der Waals surface area contributed by atoms with Crippen molar-refractivity contribution in [2.24, 2.45) is 0 Å². The first-order valence-electron chi connectivity index (χ1n) is 7.88. The molecule has 1 aromatic carbocycles. The number of sulfonamides is 1. The Kier molecular flexibility index (Phi) is 5.08. The monoisotopic (exact) mass is 398 g/mol. The first-order chi connectivity index (χ1) is 12.3. The first kappa shape index (κ1) is 18.5. The molecule has 0 saturated carbocycles. The largest absolute Gasteiger partial charge is 0.504 e. The van der Waals surface area contributed by atoms with Crippen molar-refractivity contribution >= 4 is 27.3 Å². The molecule has 4 N–H and O–H groups in total. The van der Waals surface area contributed by atoms with Gasteiger partial charge in [0.25, 0.3) is 15.9 Å². The van der Waals surface area contributed by atoms with Gasteiger partial charge in [0.15, 0.2) is 17.2 Å². The number of piperidine rings is 1. The summed E-state index contributed by atoms with van der Waals surface area (Å²) in [6.07, 6.45) is 0.902. The second kappa shape index (κ2) is 7.14. The number of nitrogens with one attached hydrogen (secondary N) is 1. The maximum Gasteiger partial charge on any atom is 0.252 e. The smallest absolute Gasteiger partial charge is 0.252 e. The maximum absolute atomic E-state index is 12.5. The molecule has 0 atom stereocenters. The van der Waals surface area contributed by atoms with Crippen molar-refractivity contribution in [3.63, 3.8) is 0 Å². The van der Waals surface area contributed by atoms with E-state index in [0.717, 1.165) is 12.1 Å². The van der Waals surface area contributed by atoms with Gasteiger partial charge in [-0.25, -0.2) is 8.42 Å². The van der Waals surface area contributed by atoms with Crippen molar-refractivity contribution < 1.29 is 28.5 Å². The van der Waals surface area contributed by atoms with Gasteiger partial charge < -0.3 is 20.6 Å². The van der Waals surface area contributed by atoms with Gasteiger partial charge >= 0.3 is 0 Å². The Bertz CT molecular complexity index is 880. The van der Waals surface area contributed by atoms with E-state index in [1.54, 1.807) is 17.5 Å². The Balaban J connectivity index is 1.61. The highest BCUT2D eigenvalue weighted by Gasteiger charge is 2.30. The lowest BCUT2D eigenvalue weighted by molar-refractivity contribution is 0.0923. The lowest BCUT2D eigenvalue weighted by atomic mass is 10.1. The van der Waals surface area contributed by atoms with E-state index in [9.17, 15) is 28.5 Å². The van der Waals surface area contributed by atoms with Crippen molar-refractivity contribution in [2.75, 3.05) is 13.1 Å². The number of amides is 1. The molecule has 0 radical (unpaired) electrons. The molecule has 1 aromatic heterocycles. The summed E-state index contributed by atoms with van der Waals surface area (Å²) in [7, 11) is -3.49. The van der Waals surface area contributed by atoms with Crippen LogP contribution in [0, 0.1) is 0 Å². The second-order valence-corrected chi connectivity index (χ2v) is 9.06. The minimum Gasteiger partial charge on any atom is -0.504 e. The molecule has 0 spiro atoms. The minimum absolute atomic E-state index is 0.00596. The van der Waals surface area contributed by atoms with Gasteiger partial charge in [0.2, 0.25) is 0 Å². The van der Waals surface area contributed by atoms with E-state index in [1.165, 1.54) is 15.6 Å². The van der Waals surface area contributed by atoms with Crippen molar-refractivity contribution in [1.29, 1.82) is 0 Å². The topological polar surface area (TPSA) is 127 Å². The SMILES string of the molecule is O=C(NC1CCN(S(=O)(=O)c2cccs2)CC1)c1cc(O)c(O)c(O)c1. The average molecular weight is 398 g/mol. The zero-order valence-corrected chi connectivity index (χ0v) is 15.3. The minimum atomic E-state index is -3.49. The highest BCUT2D eigenvalue weighted by molar-refractivity contribution is 7.91. The Hall–Kier alpha value is -2.30. The molecular formula is C16H18N2O6S2. The molecule has 1 saturated heterocycles. The Morgan fingerprint density at radius 2 is 1.77 bits per heavy atom. The number of nitrogens with zero attached hydrogens (tertiary/aromatic N) is 1. The fraction of sp³-hybridized carbons (Fsp3) is 0.312. The van der Waals surface area contributed by atoms with E-state index in [2.05, 4.69) is 5.32 Å². The molecule has 1 amide bonds. The zero-order valence-electron chi connectivity index (χ0n) is 13.6. The number of thiophene rings is 1. The van der Waals surface area contributed by atoms with Gasteiger partial charge in [-0.15, -0.1) is 11.3 Å². The summed E-state index contributed by atoms with van der Waals surface area (Å²) in [4.78, 5) is 12.2. The van der Waals surface area contributed by atoms with Gasteiger partial charge in [0.05, 0.1) is 0 Å². The van der Waals surface area contributed by atoms with Crippen LogP contribution in [0.1, 0.15) is 23.2 Å². The van der Waals surface area contributed by atoms with Crippen molar-refractivity contribution in [1.82, 2.24) is 9.62 Å². The predicted molar refractivity (Wildman–Crippen MR) is 95.0 cm³/mol. The standard InChI is InChI=1S/C16H18N2O6S2/c19-12-8-10(9-13(20)15(12)21)16(22)17-11-3-5-18(6-4-11)26(23,24)14-2-1-7-25-14/h1-2,7-9,11,19-21H,3-6H2,(H,17,22). The summed E-state index contributed by atoms with van der Waals surface area (Å²) in [5.41, 5.74) is 0.00596. The van der Waals surface area contributed by atoms with Gasteiger partial charge in [-0.1, -0.05) is 6.07 Å². The molecule has 3 rings (SSSR count). The molecule has 10 heteroatoms. The number of carbonyl (C=O) groups excluding carboxylic acids is 1. The number of carbonyl (C=O) groups is 1. The van der Waals surface area contributed by atoms with Crippen molar-refractivity contribution in [3.05, 3.63) is 35.2 Å². The van der Waals surface area contributed by atoms with E-state index in [0.29, 0.717) is 17.1 Å². The molecule has 26 heavy (non-hydrogen) atoms. The van der Waals surface area contributed by atoms with Crippen LogP contribution in [0.25, 0.3) is 0 Å². The Morgan fingerprint density at radius 1 is 1.15 bits per heavy atom. The molecular weight excluding hydrogens is 380 g/mol. The Morgan fingerprint density at radius 3 is 2.31 bits per heavy atom. The predicted octanol–water partition coefficient (Wildman–Crippen LogP) is 1.45. The molecule has 1 fully saturated rings. The van der Waals surface area contributed by atoms with E-state index >= 15 is 0 Å². The number of rotatable bonds is 4. The zero-order chi connectivity index (χ0) is 18.9. The number of aromatic hydroxyl groups is 3. The number of phenols is 3. The fourth-order valence-electron chi connectivity index (χ4n) is 2.78. The van der Waals surface area contributed by atoms with E-state index < -0.39 is 33.2 Å². The number of benzene rings is 1. The van der Waals surface area contributed by atoms with E-state index in [4.69, 9.17) is 0 Å². The molecule has 2 aromatic rings. The molecule has 1 aliphatic heterocycles. The number of hydrogen-bond acceptors (Lipinski definition) is 7. The molecule has 140 valence electrons. The van der Waals surface area contributed by atoms with Gasteiger partial charge in [0, 0.05) is 24.7 Å². The normalized spacial score (nSPS) is 16.5. The molecule has 0 aliphatic carbocycles. The van der Waals surface area contributed by atoms with Crippen LogP contribution in [0.15, 0.2) is 33.9 Å². The number of hydrogen-bond donors (Lipinski definition) is 4. The lowest BCUT2D eigenvalue weighted by Crippen LogP contribution is -2.46. The summed E-state index contributed by atoms with van der Waals surface area (Å²) in [5.74, 6) is -2.39. The highest BCUT2D eigenvalue weighted by Crippen LogP contribution is 2.35. The van der Waals surface area contributed by atoms with Crippen molar-refractivity contribution in [2.45, 2.75) is 23.1 Å². The summed E-state index contributed by atoms with van der Waals surface area (Å²) in [6.45, 7) is 0.578.